The Morgan fingerprint density at radius 2 is 1.92 bits per heavy atom. The van der Waals surface area contributed by atoms with E-state index in [2.05, 4.69) is 53.5 Å². The highest BCUT2D eigenvalue weighted by atomic mass is 16.5. The first-order valence-electron chi connectivity index (χ1n) is 8.58. The second kappa shape index (κ2) is 9.06. The summed E-state index contributed by atoms with van der Waals surface area (Å²) in [5, 5.41) is 6.67. The molecule has 0 spiro atoms. The van der Waals surface area contributed by atoms with Crippen molar-refractivity contribution >= 4 is 5.96 Å². The molecule has 1 aromatic heterocycles. The molecule has 5 heteroatoms. The van der Waals surface area contributed by atoms with Gasteiger partial charge in [0.1, 0.15) is 11.4 Å². The number of nitrogens with zero attached hydrogens (tertiary/aromatic N) is 2. The minimum atomic E-state index is -0.222. The Labute approximate surface area is 150 Å². The van der Waals surface area contributed by atoms with E-state index in [1.165, 1.54) is 5.56 Å². The van der Waals surface area contributed by atoms with Crippen molar-refractivity contribution in [3.8, 4) is 5.75 Å². The smallest absolute Gasteiger partial charge is 0.191 e. The summed E-state index contributed by atoms with van der Waals surface area (Å²) in [5.74, 6) is 1.67. The molecule has 0 aliphatic rings. The number of benzene rings is 1. The molecule has 0 saturated heterocycles. The standard InChI is InChI=1S/C20H28N4O/c1-20(2,3)25-18-10-6-5-9-17(18)15-24-19(21-4)23-13-11-16-8-7-12-22-14-16/h5-10,12,14H,11,13,15H2,1-4H3,(H2,21,23,24). The molecule has 0 bridgehead atoms. The highest BCUT2D eigenvalue weighted by molar-refractivity contribution is 5.79. The van der Waals surface area contributed by atoms with Crippen molar-refractivity contribution in [2.24, 2.45) is 4.99 Å². The Morgan fingerprint density at radius 3 is 2.60 bits per heavy atom. The first kappa shape index (κ1) is 18.8. The zero-order valence-corrected chi connectivity index (χ0v) is 15.5. The van der Waals surface area contributed by atoms with Gasteiger partial charge >= 0.3 is 0 Å². The topological polar surface area (TPSA) is 58.5 Å². The van der Waals surface area contributed by atoms with Gasteiger partial charge in [-0.3, -0.25) is 9.98 Å². The van der Waals surface area contributed by atoms with Gasteiger partial charge in [-0.05, 0) is 44.9 Å². The molecule has 0 saturated carbocycles. The lowest BCUT2D eigenvalue weighted by Gasteiger charge is -2.23. The van der Waals surface area contributed by atoms with E-state index in [0.717, 1.165) is 30.2 Å². The third-order valence-electron chi connectivity index (χ3n) is 3.49. The Hall–Kier alpha value is -2.56. The molecule has 2 aromatic rings. The number of hydrogen-bond acceptors (Lipinski definition) is 3. The summed E-state index contributed by atoms with van der Waals surface area (Å²) < 4.78 is 6.03. The van der Waals surface area contributed by atoms with Gasteiger partial charge in [-0.25, -0.2) is 0 Å². The van der Waals surface area contributed by atoms with Gasteiger partial charge in [0.05, 0.1) is 0 Å². The van der Waals surface area contributed by atoms with E-state index < -0.39 is 0 Å². The molecule has 0 unspecified atom stereocenters. The van der Waals surface area contributed by atoms with Gasteiger partial charge < -0.3 is 15.4 Å². The second-order valence-corrected chi connectivity index (χ2v) is 6.79. The Kier molecular flexibility index (Phi) is 6.81. The number of guanidine groups is 1. The Bertz CT molecular complexity index is 678. The predicted molar refractivity (Wildman–Crippen MR) is 103 cm³/mol. The minimum Gasteiger partial charge on any atom is -0.488 e. The number of nitrogens with one attached hydrogen (secondary N) is 2. The highest BCUT2D eigenvalue weighted by Crippen LogP contribution is 2.22. The maximum absolute atomic E-state index is 6.03. The van der Waals surface area contributed by atoms with Crippen molar-refractivity contribution < 1.29 is 4.74 Å². The van der Waals surface area contributed by atoms with Gasteiger partial charge in [0.2, 0.25) is 0 Å². The highest BCUT2D eigenvalue weighted by Gasteiger charge is 2.14. The molecular weight excluding hydrogens is 312 g/mol. The van der Waals surface area contributed by atoms with E-state index >= 15 is 0 Å². The van der Waals surface area contributed by atoms with Gasteiger partial charge in [-0.1, -0.05) is 24.3 Å². The summed E-state index contributed by atoms with van der Waals surface area (Å²) >= 11 is 0. The summed E-state index contributed by atoms with van der Waals surface area (Å²) in [7, 11) is 1.77. The monoisotopic (exact) mass is 340 g/mol. The van der Waals surface area contributed by atoms with Gasteiger partial charge in [0, 0.05) is 38.1 Å². The molecular formula is C20H28N4O. The first-order valence-corrected chi connectivity index (χ1v) is 8.58. The maximum atomic E-state index is 6.03. The number of hydrogen-bond donors (Lipinski definition) is 2. The zero-order chi connectivity index (χ0) is 18.1. The van der Waals surface area contributed by atoms with Crippen LogP contribution in [0.15, 0.2) is 53.8 Å². The lowest BCUT2D eigenvalue weighted by Crippen LogP contribution is -2.38. The number of aromatic nitrogens is 1. The lowest BCUT2D eigenvalue weighted by atomic mass is 10.1. The predicted octanol–water partition coefficient (Wildman–Crippen LogP) is 3.17. The molecule has 25 heavy (non-hydrogen) atoms. The summed E-state index contributed by atoms with van der Waals surface area (Å²) in [6.45, 7) is 7.60. The van der Waals surface area contributed by atoms with E-state index in [9.17, 15) is 0 Å². The van der Waals surface area contributed by atoms with E-state index in [4.69, 9.17) is 4.74 Å². The third-order valence-corrected chi connectivity index (χ3v) is 3.49. The van der Waals surface area contributed by atoms with Crippen LogP contribution in [0.1, 0.15) is 31.9 Å². The third kappa shape index (κ3) is 6.83. The molecule has 0 fully saturated rings. The molecule has 2 N–H and O–H groups in total. The molecule has 0 atom stereocenters. The molecule has 134 valence electrons. The fourth-order valence-electron chi connectivity index (χ4n) is 2.35. The average molecular weight is 340 g/mol. The van der Waals surface area contributed by atoms with Crippen LogP contribution in [-0.4, -0.2) is 30.1 Å². The average Bonchev–Trinajstić information content (AvgIpc) is 2.58. The summed E-state index contributed by atoms with van der Waals surface area (Å²) in [6, 6.07) is 12.1. The van der Waals surface area contributed by atoms with Crippen LogP contribution in [0.4, 0.5) is 0 Å². The van der Waals surface area contributed by atoms with Gasteiger partial charge in [-0.15, -0.1) is 0 Å². The van der Waals surface area contributed by atoms with E-state index in [0.29, 0.717) is 6.54 Å². The number of pyridine rings is 1. The molecule has 0 radical (unpaired) electrons. The quantitative estimate of drug-likeness (QED) is 0.626. The Morgan fingerprint density at radius 1 is 1.12 bits per heavy atom. The van der Waals surface area contributed by atoms with E-state index in [1.54, 1.807) is 13.2 Å². The number of ether oxygens (including phenoxy) is 1. The molecule has 1 aromatic carbocycles. The number of para-hydroxylation sites is 1. The lowest BCUT2D eigenvalue weighted by molar-refractivity contribution is 0.129. The molecule has 0 aliphatic carbocycles. The molecule has 2 rings (SSSR count). The largest absolute Gasteiger partial charge is 0.488 e. The van der Waals surface area contributed by atoms with Crippen molar-refractivity contribution in [3.05, 3.63) is 59.9 Å². The van der Waals surface area contributed by atoms with Crippen LogP contribution < -0.4 is 15.4 Å². The normalized spacial score (nSPS) is 11.9. The van der Waals surface area contributed by atoms with Gasteiger partial charge in [0.25, 0.3) is 0 Å². The van der Waals surface area contributed by atoms with Gasteiger partial charge in [-0.2, -0.15) is 0 Å². The fraction of sp³-hybridized carbons (Fsp3) is 0.400. The van der Waals surface area contributed by atoms with Crippen LogP contribution in [-0.2, 0) is 13.0 Å². The van der Waals surface area contributed by atoms with Crippen LogP contribution >= 0.6 is 0 Å². The summed E-state index contributed by atoms with van der Waals surface area (Å²) in [5.41, 5.74) is 2.08. The van der Waals surface area contributed by atoms with Crippen LogP contribution in [0.5, 0.6) is 5.75 Å². The second-order valence-electron chi connectivity index (χ2n) is 6.79. The zero-order valence-electron chi connectivity index (χ0n) is 15.5. The molecule has 1 heterocycles. The van der Waals surface area contributed by atoms with Crippen molar-refractivity contribution in [1.82, 2.24) is 15.6 Å². The van der Waals surface area contributed by atoms with Crippen molar-refractivity contribution in [2.45, 2.75) is 39.3 Å². The fourth-order valence-corrected chi connectivity index (χ4v) is 2.35. The molecule has 5 nitrogen and oxygen atoms in total. The number of aliphatic imine (C=N–C) groups is 1. The van der Waals surface area contributed by atoms with Crippen LogP contribution in [0.25, 0.3) is 0 Å². The van der Waals surface area contributed by atoms with Crippen molar-refractivity contribution in [1.29, 1.82) is 0 Å². The van der Waals surface area contributed by atoms with Crippen molar-refractivity contribution in [2.75, 3.05) is 13.6 Å². The van der Waals surface area contributed by atoms with Crippen LogP contribution in [0.2, 0.25) is 0 Å². The van der Waals surface area contributed by atoms with Crippen LogP contribution in [0, 0.1) is 0 Å². The van der Waals surface area contributed by atoms with E-state index in [-0.39, 0.29) is 5.60 Å². The molecule has 0 amide bonds. The van der Waals surface area contributed by atoms with Gasteiger partial charge in [0.15, 0.2) is 5.96 Å². The SMILES string of the molecule is CN=C(NCCc1cccnc1)NCc1ccccc1OC(C)(C)C. The summed E-state index contributed by atoms with van der Waals surface area (Å²) in [4.78, 5) is 8.41. The van der Waals surface area contributed by atoms with Crippen LogP contribution in [0.3, 0.4) is 0 Å². The minimum absolute atomic E-state index is 0.222. The molecule has 0 aliphatic heterocycles. The first-order chi connectivity index (χ1) is 12.0. The summed E-state index contributed by atoms with van der Waals surface area (Å²) in [6.07, 6.45) is 4.57. The van der Waals surface area contributed by atoms with Crippen molar-refractivity contribution in [3.63, 3.8) is 0 Å². The van der Waals surface area contributed by atoms with E-state index in [1.807, 2.05) is 30.5 Å². The maximum Gasteiger partial charge on any atom is 0.191 e. The number of rotatable bonds is 6. The Balaban J connectivity index is 1.86.